The Morgan fingerprint density at radius 2 is 1.83 bits per heavy atom. The Bertz CT molecular complexity index is 1200. The van der Waals surface area contributed by atoms with E-state index in [0.717, 1.165) is 25.5 Å². The Labute approximate surface area is 181 Å². The van der Waals surface area contributed by atoms with E-state index in [4.69, 9.17) is 4.98 Å². The first kappa shape index (κ1) is 19.8. The summed E-state index contributed by atoms with van der Waals surface area (Å²) in [5, 5.41) is 8.24. The van der Waals surface area contributed by atoms with Crippen molar-refractivity contribution in [3.05, 3.63) is 69.8 Å². The van der Waals surface area contributed by atoms with Crippen LogP contribution in [-0.2, 0) is 5.41 Å². The maximum absolute atomic E-state index is 12.7. The molecule has 7 heteroatoms. The summed E-state index contributed by atoms with van der Waals surface area (Å²) in [6.45, 7) is 8.49. The Hall–Kier alpha value is -2.51. The van der Waals surface area contributed by atoms with Crippen LogP contribution >= 0.6 is 27.3 Å². The van der Waals surface area contributed by atoms with E-state index in [0.29, 0.717) is 11.4 Å². The highest BCUT2D eigenvalue weighted by Crippen LogP contribution is 2.31. The van der Waals surface area contributed by atoms with Gasteiger partial charge in [-0.3, -0.25) is 4.79 Å². The second-order valence-corrected chi connectivity index (χ2v) is 9.90. The summed E-state index contributed by atoms with van der Waals surface area (Å²) in [5.74, 6) is 0.417. The molecule has 0 aliphatic carbocycles. The summed E-state index contributed by atoms with van der Waals surface area (Å²) in [4.78, 5) is 17.4. The van der Waals surface area contributed by atoms with Crippen molar-refractivity contribution in [2.75, 3.05) is 5.32 Å². The molecule has 1 N–H and O–H groups in total. The maximum Gasteiger partial charge on any atom is 0.256 e. The van der Waals surface area contributed by atoms with Gasteiger partial charge < -0.3 is 5.32 Å². The van der Waals surface area contributed by atoms with Crippen LogP contribution in [0.5, 0.6) is 0 Å². The number of hydrogen-bond donors (Lipinski definition) is 1. The number of benzene rings is 2. The molecule has 2 aromatic heterocycles. The second-order valence-electron chi connectivity index (χ2n) is 7.97. The average molecular weight is 469 g/mol. The second kappa shape index (κ2) is 7.39. The topological polar surface area (TPSA) is 59.8 Å². The van der Waals surface area contributed by atoms with Crippen LogP contribution in [-0.4, -0.2) is 20.7 Å². The first-order chi connectivity index (χ1) is 13.7. The fourth-order valence-electron chi connectivity index (χ4n) is 2.99. The van der Waals surface area contributed by atoms with E-state index in [1.807, 2.05) is 31.2 Å². The number of carbonyl (C=O) groups excluding carboxylic acids is 1. The number of aryl methyl sites for hydroxylation is 1. The molecule has 0 saturated carbocycles. The third-order valence-corrected chi connectivity index (χ3v) is 6.13. The summed E-state index contributed by atoms with van der Waals surface area (Å²) in [7, 11) is 0. The van der Waals surface area contributed by atoms with E-state index >= 15 is 0 Å². The zero-order chi connectivity index (χ0) is 20.8. The summed E-state index contributed by atoms with van der Waals surface area (Å²) in [6, 6.07) is 15.5. The molecule has 0 saturated heterocycles. The normalized spacial score (nSPS) is 11.8. The maximum atomic E-state index is 12.7. The van der Waals surface area contributed by atoms with Gasteiger partial charge in [-0.05, 0) is 54.3 Å². The SMILES string of the molecule is Cc1cc(NC(=O)c2ccc(Br)cc2)n(-c2nc3ccc(C(C)(C)C)cc3s2)n1. The predicted octanol–water partition coefficient (Wildman–Crippen LogP) is 6.10. The van der Waals surface area contributed by atoms with Gasteiger partial charge in [-0.1, -0.05) is 54.1 Å². The highest BCUT2D eigenvalue weighted by Gasteiger charge is 2.18. The first-order valence-electron chi connectivity index (χ1n) is 9.26. The van der Waals surface area contributed by atoms with E-state index in [-0.39, 0.29) is 11.3 Å². The van der Waals surface area contributed by atoms with Gasteiger partial charge in [0.15, 0.2) is 0 Å². The van der Waals surface area contributed by atoms with Crippen LogP contribution in [0.2, 0.25) is 0 Å². The minimum Gasteiger partial charge on any atom is -0.306 e. The van der Waals surface area contributed by atoms with Gasteiger partial charge in [0.2, 0.25) is 5.13 Å². The number of rotatable bonds is 3. The van der Waals surface area contributed by atoms with Crippen molar-refractivity contribution in [3.63, 3.8) is 0 Å². The third-order valence-electron chi connectivity index (χ3n) is 4.60. The number of hydrogen-bond acceptors (Lipinski definition) is 4. The Morgan fingerprint density at radius 1 is 1.10 bits per heavy atom. The summed E-state index contributed by atoms with van der Waals surface area (Å²) in [6.07, 6.45) is 0. The molecule has 2 aromatic carbocycles. The fraction of sp³-hybridized carbons (Fsp3) is 0.227. The monoisotopic (exact) mass is 468 g/mol. The van der Waals surface area contributed by atoms with Gasteiger partial charge in [-0.15, -0.1) is 0 Å². The Kier molecular flexibility index (Phi) is 5.04. The summed E-state index contributed by atoms with van der Waals surface area (Å²) < 4.78 is 3.73. The minimum absolute atomic E-state index is 0.0739. The van der Waals surface area contributed by atoms with Gasteiger partial charge in [0, 0.05) is 16.1 Å². The number of amides is 1. The van der Waals surface area contributed by atoms with Crippen molar-refractivity contribution in [1.29, 1.82) is 0 Å². The molecule has 0 fully saturated rings. The highest BCUT2D eigenvalue weighted by molar-refractivity contribution is 9.10. The van der Waals surface area contributed by atoms with E-state index in [2.05, 4.69) is 59.2 Å². The molecule has 0 spiro atoms. The summed E-state index contributed by atoms with van der Waals surface area (Å²) in [5.41, 5.74) is 3.66. The fourth-order valence-corrected chi connectivity index (χ4v) is 4.23. The number of aromatic nitrogens is 3. The van der Waals surface area contributed by atoms with Gasteiger partial charge >= 0.3 is 0 Å². The van der Waals surface area contributed by atoms with Gasteiger partial charge in [0.25, 0.3) is 5.91 Å². The molecule has 5 nitrogen and oxygen atoms in total. The summed E-state index contributed by atoms with van der Waals surface area (Å²) >= 11 is 4.95. The third kappa shape index (κ3) is 4.11. The molecule has 4 aromatic rings. The molecule has 1 amide bonds. The van der Waals surface area contributed by atoms with E-state index in [9.17, 15) is 4.79 Å². The number of anilines is 1. The zero-order valence-corrected chi connectivity index (χ0v) is 19.1. The molecular weight excluding hydrogens is 448 g/mol. The molecule has 0 unspecified atom stereocenters. The Balaban J connectivity index is 1.69. The first-order valence-corrected chi connectivity index (χ1v) is 10.9. The lowest BCUT2D eigenvalue weighted by Crippen LogP contribution is -2.15. The van der Waals surface area contributed by atoms with Gasteiger partial charge in [-0.25, -0.2) is 4.98 Å². The molecule has 0 radical (unpaired) electrons. The quantitative estimate of drug-likeness (QED) is 0.394. The van der Waals surface area contributed by atoms with Crippen LogP contribution in [0.3, 0.4) is 0 Å². The van der Waals surface area contributed by atoms with Crippen molar-refractivity contribution in [2.24, 2.45) is 0 Å². The van der Waals surface area contributed by atoms with Crippen LogP contribution in [0.1, 0.15) is 42.4 Å². The molecular formula is C22H21BrN4OS. The molecule has 0 aliphatic rings. The minimum atomic E-state index is -0.185. The van der Waals surface area contributed by atoms with Crippen molar-refractivity contribution >= 4 is 49.2 Å². The van der Waals surface area contributed by atoms with Crippen molar-refractivity contribution in [1.82, 2.24) is 14.8 Å². The van der Waals surface area contributed by atoms with Gasteiger partial charge in [0.1, 0.15) is 5.82 Å². The van der Waals surface area contributed by atoms with Gasteiger partial charge in [-0.2, -0.15) is 9.78 Å². The van der Waals surface area contributed by atoms with Crippen molar-refractivity contribution < 1.29 is 4.79 Å². The molecule has 148 valence electrons. The van der Waals surface area contributed by atoms with Crippen LogP contribution in [0.15, 0.2) is 53.0 Å². The number of nitrogens with zero attached hydrogens (tertiary/aromatic N) is 3. The Morgan fingerprint density at radius 3 is 2.52 bits per heavy atom. The standard InChI is InChI=1S/C22H21BrN4OS/c1-13-11-19(25-20(28)14-5-8-16(23)9-6-14)27(26-13)21-24-17-10-7-15(22(2,3)4)12-18(17)29-21/h5-12H,1-4H3,(H,25,28). The number of halogens is 1. The van der Waals surface area contributed by atoms with Crippen molar-refractivity contribution in [3.8, 4) is 5.13 Å². The number of fused-ring (bicyclic) bond motifs is 1. The number of carbonyl (C=O) groups is 1. The van der Waals surface area contributed by atoms with Crippen molar-refractivity contribution in [2.45, 2.75) is 33.1 Å². The van der Waals surface area contributed by atoms with Gasteiger partial charge in [0.05, 0.1) is 15.9 Å². The molecule has 2 heterocycles. The lowest BCUT2D eigenvalue weighted by atomic mass is 9.87. The van der Waals surface area contributed by atoms with Crippen LogP contribution < -0.4 is 5.32 Å². The lowest BCUT2D eigenvalue weighted by molar-refractivity contribution is 0.102. The lowest BCUT2D eigenvalue weighted by Gasteiger charge is -2.18. The number of nitrogens with one attached hydrogen (secondary N) is 1. The molecule has 4 rings (SSSR count). The highest BCUT2D eigenvalue weighted by atomic mass is 79.9. The smallest absolute Gasteiger partial charge is 0.256 e. The molecule has 0 aliphatic heterocycles. The molecule has 0 bridgehead atoms. The van der Waals surface area contributed by atoms with E-state index in [1.165, 1.54) is 5.56 Å². The largest absolute Gasteiger partial charge is 0.306 e. The van der Waals surface area contributed by atoms with E-state index in [1.54, 1.807) is 28.2 Å². The molecule has 0 atom stereocenters. The van der Waals surface area contributed by atoms with E-state index < -0.39 is 0 Å². The van der Waals surface area contributed by atoms with Crippen LogP contribution in [0.4, 0.5) is 5.82 Å². The molecule has 29 heavy (non-hydrogen) atoms. The van der Waals surface area contributed by atoms with Crippen LogP contribution in [0, 0.1) is 6.92 Å². The predicted molar refractivity (Wildman–Crippen MR) is 122 cm³/mol. The number of thiazole rings is 1. The zero-order valence-electron chi connectivity index (χ0n) is 16.7. The average Bonchev–Trinajstić information content (AvgIpc) is 3.23. The van der Waals surface area contributed by atoms with Crippen LogP contribution in [0.25, 0.3) is 15.3 Å².